The van der Waals surface area contributed by atoms with Crippen LogP contribution < -0.4 is 0 Å². The van der Waals surface area contributed by atoms with Gasteiger partial charge in [0.1, 0.15) is 5.60 Å². The van der Waals surface area contributed by atoms with E-state index in [1.165, 1.54) is 18.4 Å². The smallest absolute Gasteiger partial charge is 0.157 e. The molecule has 0 aromatic carbocycles. The minimum atomic E-state index is -0.725. The molecule has 0 aromatic heterocycles. The fraction of sp³-hybridized carbons (Fsp3) is 0.889. The molecule has 5 nitrogen and oxygen atoms in total. The molecule has 23 heavy (non-hydrogen) atoms. The molecule has 0 radical (unpaired) electrons. The number of hydrogen-bond acceptors (Lipinski definition) is 5. The molecule has 3 fully saturated rings. The van der Waals surface area contributed by atoms with Gasteiger partial charge in [-0.05, 0) is 38.5 Å². The number of rotatable bonds is 4. The van der Waals surface area contributed by atoms with Gasteiger partial charge >= 0.3 is 0 Å². The Morgan fingerprint density at radius 1 is 1.13 bits per heavy atom. The summed E-state index contributed by atoms with van der Waals surface area (Å²) in [6.45, 7) is 2.30. The Labute approximate surface area is 137 Å². The van der Waals surface area contributed by atoms with Crippen molar-refractivity contribution >= 4 is 0 Å². The van der Waals surface area contributed by atoms with Gasteiger partial charge in [-0.1, -0.05) is 18.1 Å². The fourth-order valence-corrected chi connectivity index (χ4v) is 4.92. The Balaban J connectivity index is 1.52. The van der Waals surface area contributed by atoms with Crippen LogP contribution in [0, 0.1) is 5.41 Å². The third-order valence-electron chi connectivity index (χ3n) is 6.28. The summed E-state index contributed by atoms with van der Waals surface area (Å²) in [5.74, 6) is 0. The molecule has 1 saturated carbocycles. The molecule has 0 amide bonds. The van der Waals surface area contributed by atoms with E-state index in [0.717, 1.165) is 51.9 Å². The zero-order valence-corrected chi connectivity index (χ0v) is 13.7. The highest BCUT2D eigenvalue weighted by atomic mass is 16.7. The molecule has 2 aliphatic heterocycles. The number of hydrogen-bond donors (Lipinski definition) is 2. The predicted octanol–water partition coefficient (Wildman–Crippen LogP) is 1.91. The first-order chi connectivity index (χ1) is 11.2. The van der Waals surface area contributed by atoms with Crippen LogP contribution in [0.5, 0.6) is 0 Å². The lowest BCUT2D eigenvalue weighted by Gasteiger charge is -2.49. The van der Waals surface area contributed by atoms with Crippen molar-refractivity contribution in [2.24, 2.45) is 5.41 Å². The van der Waals surface area contributed by atoms with Gasteiger partial charge in [-0.2, -0.15) is 0 Å². The number of fused-ring (bicyclic) bond motifs is 1. The van der Waals surface area contributed by atoms with Crippen LogP contribution >= 0.6 is 0 Å². The van der Waals surface area contributed by atoms with Crippen molar-refractivity contribution in [3.05, 3.63) is 11.6 Å². The average molecular weight is 324 g/mol. The Bertz CT molecular complexity index is 466. The summed E-state index contributed by atoms with van der Waals surface area (Å²) in [6.07, 6.45) is 8.12. The van der Waals surface area contributed by atoms with Gasteiger partial charge in [0.2, 0.25) is 0 Å². The first-order valence-corrected chi connectivity index (χ1v) is 9.10. The number of ether oxygens (including phenoxy) is 3. The normalized spacial score (nSPS) is 44.5. The maximum absolute atomic E-state index is 10.3. The van der Waals surface area contributed by atoms with Gasteiger partial charge in [-0.15, -0.1) is 0 Å². The highest BCUT2D eigenvalue weighted by Gasteiger charge is 2.64. The van der Waals surface area contributed by atoms with Crippen LogP contribution in [0.1, 0.15) is 51.4 Å². The van der Waals surface area contributed by atoms with Crippen LogP contribution in [0.2, 0.25) is 0 Å². The molecular weight excluding hydrogens is 296 g/mol. The van der Waals surface area contributed by atoms with Gasteiger partial charge in [0.05, 0.1) is 32.0 Å². The van der Waals surface area contributed by atoms with Crippen molar-refractivity contribution in [2.75, 3.05) is 19.8 Å². The Morgan fingerprint density at radius 2 is 1.91 bits per heavy atom. The maximum atomic E-state index is 10.3. The van der Waals surface area contributed by atoms with Crippen LogP contribution in [0.3, 0.4) is 0 Å². The lowest BCUT2D eigenvalue weighted by molar-refractivity contribution is -0.184. The highest BCUT2D eigenvalue weighted by molar-refractivity contribution is 5.31. The Hall–Kier alpha value is -0.460. The van der Waals surface area contributed by atoms with Gasteiger partial charge in [-0.25, -0.2) is 0 Å². The van der Waals surface area contributed by atoms with Crippen LogP contribution in [0.4, 0.5) is 0 Å². The third kappa shape index (κ3) is 2.76. The fourth-order valence-electron chi connectivity index (χ4n) is 4.92. The standard InChI is InChI=1S/C18H28O5/c19-14-10-13-4-1-2-6-17(13,11-15(14)20)18(12-23-18)7-5-16-21-8-3-9-22-16/h10,14-16,19-20H,1-9,11-12H2. The average Bonchev–Trinajstić information content (AvgIpc) is 3.37. The molecule has 0 aromatic rings. The van der Waals surface area contributed by atoms with Crippen LogP contribution in [0.15, 0.2) is 11.6 Å². The minimum Gasteiger partial charge on any atom is -0.390 e. The Kier molecular flexibility index (Phi) is 4.26. The number of epoxide rings is 1. The van der Waals surface area contributed by atoms with E-state index in [4.69, 9.17) is 14.2 Å². The Morgan fingerprint density at radius 3 is 2.65 bits per heavy atom. The number of aliphatic hydroxyl groups is 2. The molecule has 0 bridgehead atoms. The molecule has 4 rings (SSSR count). The summed E-state index contributed by atoms with van der Waals surface area (Å²) in [5, 5.41) is 20.3. The highest BCUT2D eigenvalue weighted by Crippen LogP contribution is 2.61. The largest absolute Gasteiger partial charge is 0.390 e. The first kappa shape index (κ1) is 16.0. The van der Waals surface area contributed by atoms with E-state index in [2.05, 4.69) is 0 Å². The van der Waals surface area contributed by atoms with Crippen molar-refractivity contribution < 1.29 is 24.4 Å². The summed E-state index contributed by atoms with van der Waals surface area (Å²) < 4.78 is 17.4. The van der Waals surface area contributed by atoms with E-state index in [1.807, 2.05) is 6.08 Å². The van der Waals surface area contributed by atoms with Crippen molar-refractivity contribution in [3.8, 4) is 0 Å². The van der Waals surface area contributed by atoms with Gasteiger partial charge in [-0.3, -0.25) is 0 Å². The van der Waals surface area contributed by atoms with E-state index in [-0.39, 0.29) is 17.3 Å². The molecule has 2 heterocycles. The zero-order chi connectivity index (χ0) is 15.9. The molecule has 2 saturated heterocycles. The minimum absolute atomic E-state index is 0.0986. The zero-order valence-electron chi connectivity index (χ0n) is 13.7. The van der Waals surface area contributed by atoms with Crippen molar-refractivity contribution in [2.45, 2.75) is 75.5 Å². The molecule has 130 valence electrons. The van der Waals surface area contributed by atoms with Crippen molar-refractivity contribution in [1.82, 2.24) is 0 Å². The quantitative estimate of drug-likeness (QED) is 0.610. The molecule has 4 atom stereocenters. The van der Waals surface area contributed by atoms with Crippen LogP contribution in [0.25, 0.3) is 0 Å². The monoisotopic (exact) mass is 324 g/mol. The predicted molar refractivity (Wildman–Crippen MR) is 83.8 cm³/mol. The second kappa shape index (κ2) is 6.12. The van der Waals surface area contributed by atoms with Gasteiger partial charge < -0.3 is 24.4 Å². The molecular formula is C18H28O5. The third-order valence-corrected chi connectivity index (χ3v) is 6.28. The van der Waals surface area contributed by atoms with Crippen molar-refractivity contribution in [1.29, 1.82) is 0 Å². The molecule has 0 spiro atoms. The van der Waals surface area contributed by atoms with Crippen molar-refractivity contribution in [3.63, 3.8) is 0 Å². The van der Waals surface area contributed by atoms with E-state index in [9.17, 15) is 10.2 Å². The summed E-state index contributed by atoms with van der Waals surface area (Å²) in [4.78, 5) is 0. The van der Waals surface area contributed by atoms with Gasteiger partial charge in [0.25, 0.3) is 0 Å². The van der Waals surface area contributed by atoms with Gasteiger partial charge in [0.15, 0.2) is 6.29 Å². The SMILES string of the molecule is OC1C=C2CCCCC2(C2(CCC3OCCCO3)CO2)CC1O. The lowest BCUT2D eigenvalue weighted by atomic mass is 9.56. The summed E-state index contributed by atoms with van der Waals surface area (Å²) in [5.41, 5.74) is 1.02. The van der Waals surface area contributed by atoms with E-state index in [0.29, 0.717) is 6.42 Å². The van der Waals surface area contributed by atoms with E-state index >= 15 is 0 Å². The summed E-state index contributed by atoms with van der Waals surface area (Å²) in [6, 6.07) is 0. The molecule has 4 unspecified atom stereocenters. The second-order valence-electron chi connectivity index (χ2n) is 7.59. The number of aliphatic hydroxyl groups excluding tert-OH is 2. The topological polar surface area (TPSA) is 71.5 Å². The van der Waals surface area contributed by atoms with E-state index < -0.39 is 12.2 Å². The first-order valence-electron chi connectivity index (χ1n) is 9.10. The molecule has 5 heteroatoms. The molecule has 2 N–H and O–H groups in total. The van der Waals surface area contributed by atoms with Gasteiger partial charge in [0, 0.05) is 11.8 Å². The van der Waals surface area contributed by atoms with Crippen LogP contribution in [-0.2, 0) is 14.2 Å². The maximum Gasteiger partial charge on any atom is 0.157 e. The van der Waals surface area contributed by atoms with E-state index in [1.54, 1.807) is 0 Å². The lowest BCUT2D eigenvalue weighted by Crippen LogP contribution is -2.50. The summed E-state index contributed by atoms with van der Waals surface area (Å²) >= 11 is 0. The van der Waals surface area contributed by atoms with Crippen LogP contribution in [-0.4, -0.2) is 54.1 Å². The second-order valence-corrected chi connectivity index (χ2v) is 7.59. The molecule has 4 aliphatic rings. The molecule has 2 aliphatic carbocycles. The summed E-state index contributed by atoms with van der Waals surface area (Å²) in [7, 11) is 0.